The number of anilines is 1. The molecule has 0 unspecified atom stereocenters. The Morgan fingerprint density at radius 1 is 1.05 bits per heavy atom. The minimum absolute atomic E-state index is 0.126. The first-order valence-corrected chi connectivity index (χ1v) is 6.70. The summed E-state index contributed by atoms with van der Waals surface area (Å²) in [6, 6.07) is 7.54. The summed E-state index contributed by atoms with van der Waals surface area (Å²) in [5, 5.41) is 0.699. The topological polar surface area (TPSA) is 43.8 Å². The molecule has 1 heterocycles. The van der Waals surface area contributed by atoms with E-state index in [0.717, 1.165) is 12.1 Å². The Kier molecular flexibility index (Phi) is 3.24. The van der Waals surface area contributed by atoms with Crippen LogP contribution < -0.4 is 5.73 Å². The number of nitrogens with two attached hydrogens (primary N) is 1. The summed E-state index contributed by atoms with van der Waals surface area (Å²) in [4.78, 5) is 4.20. The second-order valence-corrected chi connectivity index (χ2v) is 5.35. The first-order chi connectivity index (χ1) is 9.49. The van der Waals surface area contributed by atoms with E-state index in [1.807, 2.05) is 0 Å². The molecule has 0 fully saturated rings. The molecule has 1 aromatic heterocycles. The number of hydrogen-bond donors (Lipinski definition) is 1. The van der Waals surface area contributed by atoms with Gasteiger partial charge in [0.15, 0.2) is 0 Å². The molecule has 102 valence electrons. The van der Waals surface area contributed by atoms with Crippen molar-refractivity contribution in [2.75, 3.05) is 5.73 Å². The maximum atomic E-state index is 13.3. The maximum absolute atomic E-state index is 13.3. The lowest BCUT2D eigenvalue weighted by Crippen LogP contribution is -2.03. The van der Waals surface area contributed by atoms with Crippen molar-refractivity contribution < 1.29 is 4.39 Å². The molecule has 0 aliphatic rings. The molecular formula is C13H7Cl3FN3. The van der Waals surface area contributed by atoms with Crippen molar-refractivity contribution in [1.82, 2.24) is 9.55 Å². The van der Waals surface area contributed by atoms with Crippen LogP contribution in [-0.4, -0.2) is 9.55 Å². The van der Waals surface area contributed by atoms with Crippen LogP contribution in [0.3, 0.4) is 0 Å². The van der Waals surface area contributed by atoms with Gasteiger partial charge in [-0.15, -0.1) is 0 Å². The summed E-state index contributed by atoms with van der Waals surface area (Å²) in [7, 11) is 0. The van der Waals surface area contributed by atoms with Gasteiger partial charge in [0.2, 0.25) is 5.95 Å². The van der Waals surface area contributed by atoms with E-state index in [2.05, 4.69) is 4.98 Å². The molecule has 0 aliphatic carbocycles. The van der Waals surface area contributed by atoms with Gasteiger partial charge in [-0.1, -0.05) is 40.9 Å². The Labute approximate surface area is 128 Å². The fraction of sp³-hybridized carbons (Fsp3) is 0. The Hall–Kier alpha value is -1.49. The van der Waals surface area contributed by atoms with Crippen LogP contribution in [0.25, 0.3) is 16.7 Å². The van der Waals surface area contributed by atoms with Gasteiger partial charge in [-0.25, -0.2) is 9.37 Å². The smallest absolute Gasteiger partial charge is 0.206 e. The zero-order valence-corrected chi connectivity index (χ0v) is 12.1. The predicted octanol–water partition coefficient (Wildman–Crippen LogP) is 4.71. The van der Waals surface area contributed by atoms with Crippen LogP contribution >= 0.6 is 34.8 Å². The standard InChI is InChI=1S/C13H7Cl3FN3/c14-7-2-1-3-10-12(7)20(13(18)19-10)11-8(15)4-6(17)5-9(11)16/h1-5H,(H2,18,19). The van der Waals surface area contributed by atoms with Gasteiger partial charge in [-0.3, -0.25) is 4.57 Å². The molecular weight excluding hydrogens is 324 g/mol. The molecule has 0 bridgehead atoms. The highest BCUT2D eigenvalue weighted by atomic mass is 35.5. The van der Waals surface area contributed by atoms with Gasteiger partial charge in [-0.2, -0.15) is 0 Å². The van der Waals surface area contributed by atoms with Crippen molar-refractivity contribution in [3.63, 3.8) is 0 Å². The highest BCUT2D eigenvalue weighted by molar-refractivity contribution is 6.38. The molecule has 0 saturated heterocycles. The molecule has 0 aliphatic heterocycles. The summed E-state index contributed by atoms with van der Waals surface area (Å²) in [5.41, 5.74) is 7.44. The van der Waals surface area contributed by atoms with Crippen molar-refractivity contribution in [2.45, 2.75) is 0 Å². The summed E-state index contributed by atoms with van der Waals surface area (Å²) in [5.74, 6) is -0.360. The number of hydrogen-bond acceptors (Lipinski definition) is 2. The minimum atomic E-state index is -0.530. The molecule has 0 saturated carbocycles. The minimum Gasteiger partial charge on any atom is -0.369 e. The van der Waals surface area contributed by atoms with Gasteiger partial charge in [0, 0.05) is 0 Å². The van der Waals surface area contributed by atoms with Crippen LogP contribution in [0.4, 0.5) is 10.3 Å². The highest BCUT2D eigenvalue weighted by Crippen LogP contribution is 2.36. The Morgan fingerprint density at radius 2 is 1.70 bits per heavy atom. The predicted molar refractivity (Wildman–Crippen MR) is 80.5 cm³/mol. The molecule has 0 atom stereocenters. The van der Waals surface area contributed by atoms with Crippen molar-refractivity contribution in [1.29, 1.82) is 0 Å². The third-order valence-electron chi connectivity index (χ3n) is 2.86. The average Bonchev–Trinajstić information content (AvgIpc) is 2.66. The number of nitrogen functional groups attached to an aromatic ring is 1. The summed E-state index contributed by atoms with van der Waals surface area (Å²) in [6.07, 6.45) is 0. The van der Waals surface area contributed by atoms with Gasteiger partial charge >= 0.3 is 0 Å². The van der Waals surface area contributed by atoms with Crippen molar-refractivity contribution in [2.24, 2.45) is 0 Å². The first-order valence-electron chi connectivity index (χ1n) is 5.56. The lowest BCUT2D eigenvalue weighted by atomic mass is 10.2. The number of nitrogens with zero attached hydrogens (tertiary/aromatic N) is 2. The van der Waals surface area contributed by atoms with Crippen LogP contribution in [0.5, 0.6) is 0 Å². The molecule has 20 heavy (non-hydrogen) atoms. The van der Waals surface area contributed by atoms with E-state index in [4.69, 9.17) is 40.5 Å². The summed E-state index contributed by atoms with van der Waals surface area (Å²) < 4.78 is 14.8. The quantitative estimate of drug-likeness (QED) is 0.702. The Bertz CT molecular complexity index is 806. The molecule has 2 aromatic carbocycles. The van der Waals surface area contributed by atoms with Crippen LogP contribution in [0, 0.1) is 5.82 Å². The zero-order valence-electron chi connectivity index (χ0n) is 9.87. The van der Waals surface area contributed by atoms with Gasteiger partial charge < -0.3 is 5.73 Å². The van der Waals surface area contributed by atoms with Crippen molar-refractivity contribution in [3.8, 4) is 5.69 Å². The molecule has 2 N–H and O–H groups in total. The van der Waals surface area contributed by atoms with Gasteiger partial charge in [0.05, 0.1) is 31.8 Å². The van der Waals surface area contributed by atoms with E-state index < -0.39 is 5.82 Å². The molecule has 3 aromatic rings. The monoisotopic (exact) mass is 329 g/mol. The van der Waals surface area contributed by atoms with E-state index in [-0.39, 0.29) is 16.0 Å². The van der Waals surface area contributed by atoms with E-state index >= 15 is 0 Å². The van der Waals surface area contributed by atoms with Gasteiger partial charge in [0.1, 0.15) is 5.82 Å². The van der Waals surface area contributed by atoms with Crippen molar-refractivity contribution >= 4 is 51.8 Å². The number of imidazole rings is 1. The molecule has 3 nitrogen and oxygen atoms in total. The SMILES string of the molecule is Nc1nc2cccc(Cl)c2n1-c1c(Cl)cc(F)cc1Cl. The number of rotatable bonds is 1. The normalized spacial score (nSPS) is 11.2. The first kappa shape index (κ1) is 13.5. The van der Waals surface area contributed by atoms with Crippen LogP contribution in [0.1, 0.15) is 0 Å². The van der Waals surface area contributed by atoms with E-state index in [0.29, 0.717) is 21.7 Å². The number of halogens is 4. The number of para-hydroxylation sites is 1. The second-order valence-electron chi connectivity index (χ2n) is 4.13. The van der Waals surface area contributed by atoms with E-state index in [1.54, 1.807) is 18.2 Å². The fourth-order valence-corrected chi connectivity index (χ4v) is 2.96. The molecule has 0 amide bonds. The highest BCUT2D eigenvalue weighted by Gasteiger charge is 2.18. The van der Waals surface area contributed by atoms with Gasteiger partial charge in [0.25, 0.3) is 0 Å². The average molecular weight is 331 g/mol. The number of aromatic nitrogens is 2. The maximum Gasteiger partial charge on any atom is 0.206 e. The second kappa shape index (κ2) is 4.81. The van der Waals surface area contributed by atoms with E-state index in [1.165, 1.54) is 4.57 Å². The van der Waals surface area contributed by atoms with Crippen LogP contribution in [0.2, 0.25) is 15.1 Å². The summed E-state index contributed by atoms with van der Waals surface area (Å²) >= 11 is 18.3. The number of benzene rings is 2. The molecule has 0 spiro atoms. The zero-order chi connectivity index (χ0) is 14.4. The van der Waals surface area contributed by atoms with Gasteiger partial charge in [-0.05, 0) is 24.3 Å². The molecule has 7 heteroatoms. The summed E-state index contributed by atoms with van der Waals surface area (Å²) in [6.45, 7) is 0. The van der Waals surface area contributed by atoms with Crippen LogP contribution in [0.15, 0.2) is 30.3 Å². The van der Waals surface area contributed by atoms with E-state index in [9.17, 15) is 4.39 Å². The number of fused-ring (bicyclic) bond motifs is 1. The third kappa shape index (κ3) is 2.00. The van der Waals surface area contributed by atoms with Crippen LogP contribution in [-0.2, 0) is 0 Å². The van der Waals surface area contributed by atoms with Crippen molar-refractivity contribution in [3.05, 3.63) is 51.2 Å². The Balaban J connectivity index is 2.44. The molecule has 0 radical (unpaired) electrons. The lowest BCUT2D eigenvalue weighted by molar-refractivity contribution is 0.627. The third-order valence-corrected chi connectivity index (χ3v) is 3.74. The Morgan fingerprint density at radius 3 is 2.35 bits per heavy atom. The fourth-order valence-electron chi connectivity index (χ4n) is 2.08. The largest absolute Gasteiger partial charge is 0.369 e. The lowest BCUT2D eigenvalue weighted by Gasteiger charge is -2.11. The molecule has 3 rings (SSSR count).